The fourth-order valence-electron chi connectivity index (χ4n) is 1.68. The second kappa shape index (κ2) is 7.56. The Morgan fingerprint density at radius 3 is 2.45 bits per heavy atom. The fraction of sp³-hybridized carbons (Fsp3) is 0.125. The average molecular weight is 322 g/mol. The molecule has 1 N–H and O–H groups in total. The Balaban J connectivity index is 1.79. The minimum Gasteiger partial charge on any atom is -0.459 e. The normalized spacial score (nSPS) is 10.1. The summed E-state index contributed by atoms with van der Waals surface area (Å²) >= 11 is 5.72. The zero-order valence-electron chi connectivity index (χ0n) is 11.5. The lowest BCUT2D eigenvalue weighted by atomic mass is 10.2. The first kappa shape index (κ1) is 16.0. The van der Waals surface area contributed by atoms with E-state index in [1.807, 2.05) is 0 Å². The number of carbonyl (C=O) groups is 2. The first-order valence-corrected chi connectivity index (χ1v) is 6.87. The molecule has 0 saturated carbocycles. The smallest absolute Gasteiger partial charge is 0.325 e. The first-order chi connectivity index (χ1) is 10.6. The number of benzene rings is 2. The summed E-state index contributed by atoms with van der Waals surface area (Å²) in [4.78, 5) is 23.3. The van der Waals surface area contributed by atoms with E-state index in [4.69, 9.17) is 16.3 Å². The highest BCUT2D eigenvalue weighted by Crippen LogP contribution is 2.09. The van der Waals surface area contributed by atoms with E-state index in [2.05, 4.69) is 5.32 Å². The van der Waals surface area contributed by atoms with Crippen LogP contribution < -0.4 is 5.32 Å². The number of halogens is 2. The second-order valence-electron chi connectivity index (χ2n) is 4.44. The van der Waals surface area contributed by atoms with Crippen LogP contribution >= 0.6 is 11.6 Å². The molecule has 0 atom stereocenters. The van der Waals surface area contributed by atoms with Crippen molar-refractivity contribution in [3.8, 4) is 0 Å². The van der Waals surface area contributed by atoms with Crippen molar-refractivity contribution >= 4 is 23.5 Å². The SMILES string of the molecule is O=C(CNC(=O)c1ccc(Cl)cc1)OCc1ccccc1F. The van der Waals surface area contributed by atoms with E-state index in [0.29, 0.717) is 10.6 Å². The number of hydrogen-bond acceptors (Lipinski definition) is 3. The molecule has 2 aromatic carbocycles. The van der Waals surface area contributed by atoms with E-state index in [9.17, 15) is 14.0 Å². The molecule has 0 unspecified atom stereocenters. The van der Waals surface area contributed by atoms with Gasteiger partial charge in [0.25, 0.3) is 5.91 Å². The van der Waals surface area contributed by atoms with Gasteiger partial charge in [-0.05, 0) is 30.3 Å². The summed E-state index contributed by atoms with van der Waals surface area (Å²) in [6.45, 7) is -0.474. The molecule has 0 saturated heterocycles. The summed E-state index contributed by atoms with van der Waals surface area (Å²) in [7, 11) is 0. The van der Waals surface area contributed by atoms with Gasteiger partial charge in [-0.15, -0.1) is 0 Å². The molecule has 22 heavy (non-hydrogen) atoms. The van der Waals surface area contributed by atoms with Crippen molar-refractivity contribution in [1.29, 1.82) is 0 Å². The maximum atomic E-state index is 13.3. The summed E-state index contributed by atoms with van der Waals surface area (Å²) in [5, 5.41) is 2.93. The van der Waals surface area contributed by atoms with Crippen LogP contribution in [0.5, 0.6) is 0 Å². The van der Waals surface area contributed by atoms with Crippen LogP contribution in [0.4, 0.5) is 4.39 Å². The molecular formula is C16H13ClFNO3. The molecule has 0 aromatic heterocycles. The molecule has 1 amide bonds. The van der Waals surface area contributed by atoms with E-state index in [1.165, 1.54) is 12.1 Å². The zero-order chi connectivity index (χ0) is 15.9. The number of hydrogen-bond donors (Lipinski definition) is 1. The highest BCUT2D eigenvalue weighted by atomic mass is 35.5. The molecule has 4 nitrogen and oxygen atoms in total. The standard InChI is InChI=1S/C16H13ClFNO3/c17-13-7-5-11(6-8-13)16(21)19-9-15(20)22-10-12-3-1-2-4-14(12)18/h1-8H,9-10H2,(H,19,21). The molecule has 0 fully saturated rings. The van der Waals surface area contributed by atoms with Gasteiger partial charge < -0.3 is 10.1 Å². The van der Waals surface area contributed by atoms with Gasteiger partial charge in [0.05, 0.1) is 0 Å². The third-order valence-electron chi connectivity index (χ3n) is 2.85. The summed E-state index contributed by atoms with van der Waals surface area (Å²) in [5.74, 6) is -1.51. The van der Waals surface area contributed by atoms with Gasteiger partial charge in [-0.2, -0.15) is 0 Å². The molecule has 6 heteroatoms. The predicted molar refractivity (Wildman–Crippen MR) is 80.0 cm³/mol. The lowest BCUT2D eigenvalue weighted by Gasteiger charge is -2.07. The first-order valence-electron chi connectivity index (χ1n) is 6.49. The van der Waals surface area contributed by atoms with Crippen molar-refractivity contribution in [2.75, 3.05) is 6.54 Å². The number of carbonyl (C=O) groups excluding carboxylic acids is 2. The number of rotatable bonds is 5. The summed E-state index contributed by atoms with van der Waals surface area (Å²) in [5.41, 5.74) is 0.659. The Kier molecular flexibility index (Phi) is 5.49. The molecule has 0 aliphatic rings. The topological polar surface area (TPSA) is 55.4 Å². The van der Waals surface area contributed by atoms with Gasteiger partial charge in [-0.25, -0.2) is 4.39 Å². The van der Waals surface area contributed by atoms with Crippen LogP contribution in [0.3, 0.4) is 0 Å². The Morgan fingerprint density at radius 2 is 1.77 bits per heavy atom. The fourth-order valence-corrected chi connectivity index (χ4v) is 1.81. The van der Waals surface area contributed by atoms with Crippen LogP contribution in [0.2, 0.25) is 5.02 Å². The third kappa shape index (κ3) is 4.56. The molecular weight excluding hydrogens is 309 g/mol. The van der Waals surface area contributed by atoms with Gasteiger partial charge in [-0.1, -0.05) is 29.8 Å². The van der Waals surface area contributed by atoms with Crippen LogP contribution in [0, 0.1) is 5.82 Å². The van der Waals surface area contributed by atoms with Crippen molar-refractivity contribution < 1.29 is 18.7 Å². The molecule has 0 radical (unpaired) electrons. The summed E-state index contributed by atoms with van der Waals surface area (Å²) in [6.07, 6.45) is 0. The van der Waals surface area contributed by atoms with E-state index in [-0.39, 0.29) is 18.7 Å². The Hall–Kier alpha value is -2.40. The molecule has 114 valence electrons. The zero-order valence-corrected chi connectivity index (χ0v) is 12.3. The van der Waals surface area contributed by atoms with Gasteiger partial charge in [-0.3, -0.25) is 9.59 Å². The number of amides is 1. The number of esters is 1. The van der Waals surface area contributed by atoms with Crippen LogP contribution in [0.15, 0.2) is 48.5 Å². The van der Waals surface area contributed by atoms with E-state index in [1.54, 1.807) is 36.4 Å². The predicted octanol–water partition coefficient (Wildman–Crippen LogP) is 2.95. The van der Waals surface area contributed by atoms with Gasteiger partial charge in [0.15, 0.2) is 0 Å². The van der Waals surface area contributed by atoms with Crippen LogP contribution in [0.25, 0.3) is 0 Å². The Morgan fingerprint density at radius 1 is 1.09 bits per heavy atom. The molecule has 0 heterocycles. The quantitative estimate of drug-likeness (QED) is 0.861. The summed E-state index contributed by atoms with van der Waals surface area (Å²) < 4.78 is 18.2. The third-order valence-corrected chi connectivity index (χ3v) is 3.10. The highest BCUT2D eigenvalue weighted by Gasteiger charge is 2.10. The molecule has 2 rings (SSSR count). The van der Waals surface area contributed by atoms with Crippen molar-refractivity contribution in [2.24, 2.45) is 0 Å². The average Bonchev–Trinajstić information content (AvgIpc) is 2.52. The highest BCUT2D eigenvalue weighted by molar-refractivity contribution is 6.30. The molecule has 2 aromatic rings. The lowest BCUT2D eigenvalue weighted by Crippen LogP contribution is -2.30. The van der Waals surface area contributed by atoms with Crippen LogP contribution in [-0.2, 0) is 16.1 Å². The van der Waals surface area contributed by atoms with E-state index in [0.717, 1.165) is 0 Å². The van der Waals surface area contributed by atoms with Crippen molar-refractivity contribution in [2.45, 2.75) is 6.61 Å². The largest absolute Gasteiger partial charge is 0.459 e. The maximum absolute atomic E-state index is 13.3. The second-order valence-corrected chi connectivity index (χ2v) is 4.88. The van der Waals surface area contributed by atoms with Gasteiger partial charge in [0.1, 0.15) is 19.0 Å². The minimum absolute atomic E-state index is 0.178. The lowest BCUT2D eigenvalue weighted by molar-refractivity contribution is -0.143. The maximum Gasteiger partial charge on any atom is 0.325 e. The van der Waals surface area contributed by atoms with Crippen molar-refractivity contribution in [3.05, 3.63) is 70.5 Å². The molecule has 0 bridgehead atoms. The van der Waals surface area contributed by atoms with Crippen molar-refractivity contribution in [1.82, 2.24) is 5.32 Å². The van der Waals surface area contributed by atoms with E-state index < -0.39 is 17.7 Å². The van der Waals surface area contributed by atoms with E-state index >= 15 is 0 Å². The Bertz CT molecular complexity index is 673. The van der Waals surface area contributed by atoms with Gasteiger partial charge >= 0.3 is 5.97 Å². The molecule has 0 aliphatic heterocycles. The van der Waals surface area contributed by atoms with Gasteiger partial charge in [0, 0.05) is 16.1 Å². The molecule has 0 aliphatic carbocycles. The minimum atomic E-state index is -0.648. The number of nitrogens with one attached hydrogen (secondary N) is 1. The Labute approximate surface area is 131 Å². The van der Waals surface area contributed by atoms with Crippen molar-refractivity contribution in [3.63, 3.8) is 0 Å². The molecule has 0 spiro atoms. The number of ether oxygens (including phenoxy) is 1. The summed E-state index contributed by atoms with van der Waals surface area (Å²) in [6, 6.07) is 12.2. The van der Waals surface area contributed by atoms with Gasteiger partial charge in [0.2, 0.25) is 0 Å². The monoisotopic (exact) mass is 321 g/mol. The van der Waals surface area contributed by atoms with Crippen LogP contribution in [-0.4, -0.2) is 18.4 Å². The van der Waals surface area contributed by atoms with Crippen LogP contribution in [0.1, 0.15) is 15.9 Å².